The molecule has 0 bridgehead atoms. The molecule has 1 amide bonds. The van der Waals surface area contributed by atoms with Gasteiger partial charge in [-0.3, -0.25) is 4.79 Å². The van der Waals surface area contributed by atoms with E-state index in [4.69, 9.17) is 20.2 Å². The van der Waals surface area contributed by atoms with Crippen LogP contribution in [0.1, 0.15) is 19.8 Å². The molecular weight excluding hydrogens is 318 g/mol. The summed E-state index contributed by atoms with van der Waals surface area (Å²) in [5.41, 5.74) is -0.442. The molecule has 1 fully saturated rings. The maximum absolute atomic E-state index is 12.2. The van der Waals surface area contributed by atoms with Crippen molar-refractivity contribution in [1.82, 2.24) is 0 Å². The van der Waals surface area contributed by atoms with Crippen molar-refractivity contribution in [1.29, 1.82) is 0 Å². The number of anilines is 1. The Morgan fingerprint density at radius 3 is 2.71 bits per heavy atom. The fourth-order valence-corrected chi connectivity index (χ4v) is 3.16. The van der Waals surface area contributed by atoms with Crippen molar-refractivity contribution in [2.75, 3.05) is 19.0 Å². The molecule has 8 heteroatoms. The number of ether oxygens (including phenoxy) is 2. The highest BCUT2D eigenvalue weighted by molar-refractivity contribution is 8.13. The summed E-state index contributed by atoms with van der Waals surface area (Å²) < 4.78 is 33.2. The molecule has 0 spiro atoms. The normalized spacial score (nSPS) is 22.0. The molecule has 116 valence electrons. The largest absolute Gasteiger partial charge is 0.495 e. The van der Waals surface area contributed by atoms with Crippen LogP contribution in [-0.4, -0.2) is 33.6 Å². The van der Waals surface area contributed by atoms with Crippen molar-refractivity contribution in [2.45, 2.75) is 30.3 Å². The Balaban J connectivity index is 2.24. The van der Waals surface area contributed by atoms with Crippen molar-refractivity contribution in [3.8, 4) is 5.75 Å². The van der Waals surface area contributed by atoms with Crippen LogP contribution in [0.5, 0.6) is 5.75 Å². The molecule has 0 aromatic heterocycles. The number of carbonyl (C=O) groups is 1. The van der Waals surface area contributed by atoms with Crippen molar-refractivity contribution < 1.29 is 22.7 Å². The summed E-state index contributed by atoms with van der Waals surface area (Å²) in [6.07, 6.45) is 1.47. The van der Waals surface area contributed by atoms with Gasteiger partial charge >= 0.3 is 0 Å². The first kappa shape index (κ1) is 16.1. The van der Waals surface area contributed by atoms with E-state index in [1.54, 1.807) is 6.92 Å². The first-order valence-electron chi connectivity index (χ1n) is 6.34. The van der Waals surface area contributed by atoms with Gasteiger partial charge in [-0.2, -0.15) is 0 Å². The maximum Gasteiger partial charge on any atom is 0.264 e. The van der Waals surface area contributed by atoms with E-state index < -0.39 is 14.7 Å². The van der Waals surface area contributed by atoms with Gasteiger partial charge in [0, 0.05) is 29.0 Å². The molecule has 2 rings (SSSR count). The van der Waals surface area contributed by atoms with Crippen LogP contribution < -0.4 is 10.1 Å². The van der Waals surface area contributed by atoms with Gasteiger partial charge in [0.05, 0.1) is 7.11 Å². The number of hydrogen-bond donors (Lipinski definition) is 1. The average molecular weight is 334 g/mol. The third kappa shape index (κ3) is 3.48. The summed E-state index contributed by atoms with van der Waals surface area (Å²) in [4.78, 5) is 12.1. The zero-order valence-corrected chi connectivity index (χ0v) is 13.3. The Bertz CT molecular complexity index is 653. The highest BCUT2D eigenvalue weighted by Crippen LogP contribution is 2.31. The van der Waals surface area contributed by atoms with Crippen molar-refractivity contribution in [2.24, 2.45) is 0 Å². The first-order valence-corrected chi connectivity index (χ1v) is 8.65. The Morgan fingerprint density at radius 1 is 1.48 bits per heavy atom. The molecular formula is C13H16ClNO5S. The van der Waals surface area contributed by atoms with Crippen LogP contribution in [-0.2, 0) is 18.6 Å². The van der Waals surface area contributed by atoms with Gasteiger partial charge in [0.2, 0.25) is 0 Å². The van der Waals surface area contributed by atoms with Gasteiger partial charge < -0.3 is 14.8 Å². The summed E-state index contributed by atoms with van der Waals surface area (Å²) >= 11 is 0. The Labute approximate surface area is 127 Å². The summed E-state index contributed by atoms with van der Waals surface area (Å²) in [7, 11) is 2.73. The SMILES string of the molecule is COc1cc(NC(=O)C2(C)CCCO2)ccc1S(=O)(=O)Cl. The van der Waals surface area contributed by atoms with Crippen LogP contribution in [0.4, 0.5) is 5.69 Å². The molecule has 1 N–H and O–H groups in total. The fraction of sp³-hybridized carbons (Fsp3) is 0.462. The van der Waals surface area contributed by atoms with E-state index in [-0.39, 0.29) is 16.6 Å². The van der Waals surface area contributed by atoms with E-state index >= 15 is 0 Å². The molecule has 1 unspecified atom stereocenters. The maximum atomic E-state index is 12.2. The quantitative estimate of drug-likeness (QED) is 0.854. The monoisotopic (exact) mass is 333 g/mol. The predicted molar refractivity (Wildman–Crippen MR) is 78.3 cm³/mol. The first-order chi connectivity index (χ1) is 9.76. The standard InChI is InChI=1S/C13H16ClNO5S/c1-13(6-3-7-20-13)12(16)15-9-4-5-11(21(14,17)18)10(8-9)19-2/h4-5,8H,3,6-7H2,1-2H3,(H,15,16). The molecule has 1 atom stereocenters. The molecule has 1 heterocycles. The number of halogens is 1. The smallest absolute Gasteiger partial charge is 0.264 e. The Hall–Kier alpha value is -1.31. The lowest BCUT2D eigenvalue weighted by atomic mass is 10.0. The third-order valence-corrected chi connectivity index (χ3v) is 4.74. The second kappa shape index (κ2) is 5.82. The van der Waals surface area contributed by atoms with Gasteiger partial charge in [-0.15, -0.1) is 0 Å². The molecule has 0 aliphatic carbocycles. The van der Waals surface area contributed by atoms with Crippen LogP contribution in [0.15, 0.2) is 23.1 Å². The molecule has 1 aromatic rings. The highest BCUT2D eigenvalue weighted by atomic mass is 35.7. The second-order valence-electron chi connectivity index (χ2n) is 4.94. The minimum absolute atomic E-state index is 0.0697. The van der Waals surface area contributed by atoms with Crippen molar-refractivity contribution >= 4 is 31.3 Å². The predicted octanol–water partition coefficient (Wildman–Crippen LogP) is 2.13. The minimum Gasteiger partial charge on any atom is -0.495 e. The summed E-state index contributed by atoms with van der Waals surface area (Å²) in [5, 5.41) is 2.70. The second-order valence-corrected chi connectivity index (χ2v) is 7.47. The number of hydrogen-bond acceptors (Lipinski definition) is 5. The van der Waals surface area contributed by atoms with Gasteiger partial charge in [-0.05, 0) is 31.9 Å². The lowest BCUT2D eigenvalue weighted by Gasteiger charge is -2.22. The molecule has 0 radical (unpaired) electrons. The number of benzene rings is 1. The average Bonchev–Trinajstić information content (AvgIpc) is 2.85. The molecule has 1 saturated heterocycles. The molecule has 0 saturated carbocycles. The van der Waals surface area contributed by atoms with E-state index in [1.165, 1.54) is 25.3 Å². The van der Waals surface area contributed by atoms with E-state index in [2.05, 4.69) is 5.32 Å². The van der Waals surface area contributed by atoms with Crippen LogP contribution in [0, 0.1) is 0 Å². The topological polar surface area (TPSA) is 81.7 Å². The summed E-state index contributed by atoms with van der Waals surface area (Å²) in [5.74, 6) is -0.205. The van der Waals surface area contributed by atoms with Crippen LogP contribution in [0.2, 0.25) is 0 Å². The molecule has 1 aliphatic rings. The number of carbonyl (C=O) groups excluding carboxylic acids is 1. The minimum atomic E-state index is -3.91. The van der Waals surface area contributed by atoms with E-state index in [9.17, 15) is 13.2 Å². The van der Waals surface area contributed by atoms with Gasteiger partial charge in [-0.1, -0.05) is 0 Å². The van der Waals surface area contributed by atoms with Gasteiger partial charge in [0.1, 0.15) is 16.2 Å². The number of nitrogens with one attached hydrogen (secondary N) is 1. The lowest BCUT2D eigenvalue weighted by Crippen LogP contribution is -2.39. The molecule has 1 aromatic carbocycles. The number of rotatable bonds is 4. The van der Waals surface area contributed by atoms with Crippen LogP contribution in [0.25, 0.3) is 0 Å². The van der Waals surface area contributed by atoms with Gasteiger partial charge in [-0.25, -0.2) is 8.42 Å². The number of methoxy groups -OCH3 is 1. The summed E-state index contributed by atoms with van der Waals surface area (Å²) in [6, 6.07) is 4.15. The molecule has 1 aliphatic heterocycles. The third-order valence-electron chi connectivity index (χ3n) is 3.38. The summed E-state index contributed by atoms with van der Waals surface area (Å²) in [6.45, 7) is 2.28. The van der Waals surface area contributed by atoms with Gasteiger partial charge in [0.15, 0.2) is 0 Å². The zero-order chi connectivity index (χ0) is 15.7. The molecule has 6 nitrogen and oxygen atoms in total. The van der Waals surface area contributed by atoms with E-state index in [0.717, 1.165) is 6.42 Å². The van der Waals surface area contributed by atoms with Crippen molar-refractivity contribution in [3.05, 3.63) is 18.2 Å². The van der Waals surface area contributed by atoms with Crippen molar-refractivity contribution in [3.63, 3.8) is 0 Å². The lowest BCUT2D eigenvalue weighted by molar-refractivity contribution is -0.133. The number of amides is 1. The zero-order valence-electron chi connectivity index (χ0n) is 11.7. The fourth-order valence-electron chi connectivity index (χ4n) is 2.17. The Kier molecular flexibility index (Phi) is 4.46. The Morgan fingerprint density at radius 2 is 2.19 bits per heavy atom. The van der Waals surface area contributed by atoms with Crippen LogP contribution in [0.3, 0.4) is 0 Å². The van der Waals surface area contributed by atoms with E-state index in [1.807, 2.05) is 0 Å². The van der Waals surface area contributed by atoms with E-state index in [0.29, 0.717) is 18.7 Å². The van der Waals surface area contributed by atoms with Gasteiger partial charge in [0.25, 0.3) is 15.0 Å². The molecule has 21 heavy (non-hydrogen) atoms. The highest BCUT2D eigenvalue weighted by Gasteiger charge is 2.37. The van der Waals surface area contributed by atoms with Crippen LogP contribution >= 0.6 is 10.7 Å².